The molecule has 26 heavy (non-hydrogen) atoms. The Morgan fingerprint density at radius 1 is 1.08 bits per heavy atom. The van der Waals surface area contributed by atoms with Gasteiger partial charge in [-0.1, -0.05) is 48.0 Å². The van der Waals surface area contributed by atoms with Crippen LogP contribution in [-0.4, -0.2) is 17.5 Å². The Morgan fingerprint density at radius 2 is 1.81 bits per heavy atom. The number of oxazole rings is 1. The number of carbonyl (C=O) groups is 1. The largest absolute Gasteiger partial charge is 0.441 e. The molecule has 134 valence electrons. The van der Waals surface area contributed by atoms with E-state index in [4.69, 9.17) is 9.15 Å². The van der Waals surface area contributed by atoms with Gasteiger partial charge >= 0.3 is 0 Å². The smallest absolute Gasteiger partial charge is 0.246 e. The fourth-order valence-corrected chi connectivity index (χ4v) is 2.47. The topological polar surface area (TPSA) is 64.4 Å². The van der Waals surface area contributed by atoms with Gasteiger partial charge in [0, 0.05) is 12.1 Å². The zero-order chi connectivity index (χ0) is 18.4. The van der Waals surface area contributed by atoms with Crippen LogP contribution < -0.4 is 5.32 Å². The highest BCUT2D eigenvalue weighted by Crippen LogP contribution is 2.22. The van der Waals surface area contributed by atoms with Crippen molar-refractivity contribution in [1.82, 2.24) is 10.3 Å². The molecule has 1 amide bonds. The summed E-state index contributed by atoms with van der Waals surface area (Å²) in [6.45, 7) is 4.59. The molecule has 0 bridgehead atoms. The van der Waals surface area contributed by atoms with Gasteiger partial charge < -0.3 is 14.5 Å². The molecule has 0 unspecified atom stereocenters. The highest BCUT2D eigenvalue weighted by Gasteiger charge is 2.12. The number of hydrogen-bond donors (Lipinski definition) is 1. The lowest BCUT2D eigenvalue weighted by Crippen LogP contribution is -2.27. The molecule has 0 saturated heterocycles. The van der Waals surface area contributed by atoms with E-state index in [9.17, 15) is 4.79 Å². The molecule has 1 aromatic heterocycles. The Balaban J connectivity index is 1.49. The lowest BCUT2D eigenvalue weighted by atomic mass is 10.1. The summed E-state index contributed by atoms with van der Waals surface area (Å²) in [6.07, 6.45) is 0. The van der Waals surface area contributed by atoms with Crippen molar-refractivity contribution in [3.63, 3.8) is 0 Å². The minimum atomic E-state index is -0.159. The Hall–Kier alpha value is -2.92. The maximum absolute atomic E-state index is 11.9. The van der Waals surface area contributed by atoms with Gasteiger partial charge in [-0.25, -0.2) is 4.98 Å². The summed E-state index contributed by atoms with van der Waals surface area (Å²) in [5.74, 6) is 1.11. The molecular formula is C21H22N2O3. The second-order valence-corrected chi connectivity index (χ2v) is 6.14. The fraction of sp³-hybridized carbons (Fsp3) is 0.238. The van der Waals surface area contributed by atoms with Crippen LogP contribution in [0.5, 0.6) is 0 Å². The van der Waals surface area contributed by atoms with Crippen LogP contribution in [-0.2, 0) is 22.7 Å². The van der Waals surface area contributed by atoms with Gasteiger partial charge in [0.2, 0.25) is 11.8 Å². The summed E-state index contributed by atoms with van der Waals surface area (Å²) in [4.78, 5) is 16.3. The maximum Gasteiger partial charge on any atom is 0.246 e. The van der Waals surface area contributed by atoms with Crippen LogP contribution in [0.2, 0.25) is 0 Å². The van der Waals surface area contributed by atoms with Crippen molar-refractivity contribution < 1.29 is 13.9 Å². The van der Waals surface area contributed by atoms with E-state index in [0.717, 1.165) is 11.1 Å². The fourth-order valence-electron chi connectivity index (χ4n) is 2.47. The quantitative estimate of drug-likeness (QED) is 0.704. The van der Waals surface area contributed by atoms with Gasteiger partial charge in [-0.15, -0.1) is 0 Å². The van der Waals surface area contributed by atoms with Crippen molar-refractivity contribution in [2.24, 2.45) is 0 Å². The highest BCUT2D eigenvalue weighted by molar-refractivity contribution is 5.77. The van der Waals surface area contributed by atoms with Crippen molar-refractivity contribution >= 4 is 5.91 Å². The third-order valence-corrected chi connectivity index (χ3v) is 4.00. The number of hydrogen-bond acceptors (Lipinski definition) is 4. The molecule has 1 heterocycles. The molecule has 0 aliphatic rings. The van der Waals surface area contributed by atoms with Crippen LogP contribution in [0.4, 0.5) is 0 Å². The van der Waals surface area contributed by atoms with E-state index in [-0.39, 0.29) is 19.1 Å². The molecule has 0 fully saturated rings. The maximum atomic E-state index is 11.9. The average molecular weight is 350 g/mol. The number of amides is 1. The Bertz CT molecular complexity index is 855. The van der Waals surface area contributed by atoms with E-state index < -0.39 is 0 Å². The molecule has 5 nitrogen and oxygen atoms in total. The predicted molar refractivity (Wildman–Crippen MR) is 99.4 cm³/mol. The van der Waals surface area contributed by atoms with Crippen molar-refractivity contribution in [1.29, 1.82) is 0 Å². The van der Waals surface area contributed by atoms with E-state index in [0.29, 0.717) is 23.9 Å². The summed E-state index contributed by atoms with van der Waals surface area (Å²) in [7, 11) is 0. The average Bonchev–Trinajstić information content (AvgIpc) is 3.02. The standard InChI is InChI=1S/C21H22N2O3/c1-15-8-10-18(11-9-15)21-23-19(16(2)26-21)13-25-14-20(24)22-12-17-6-4-3-5-7-17/h3-11H,12-14H2,1-2H3,(H,22,24). The minimum Gasteiger partial charge on any atom is -0.441 e. The number of ether oxygens (including phenoxy) is 1. The molecule has 0 spiro atoms. The van der Waals surface area contributed by atoms with Crippen LogP contribution in [0.3, 0.4) is 0 Å². The number of rotatable bonds is 7. The van der Waals surface area contributed by atoms with Gasteiger partial charge in [0.15, 0.2) is 0 Å². The van der Waals surface area contributed by atoms with Gasteiger partial charge in [0.05, 0.1) is 6.61 Å². The zero-order valence-corrected chi connectivity index (χ0v) is 15.0. The first kappa shape index (κ1) is 17.9. The molecule has 0 aliphatic carbocycles. The van der Waals surface area contributed by atoms with Crippen molar-refractivity contribution in [2.75, 3.05) is 6.61 Å². The van der Waals surface area contributed by atoms with Crippen LogP contribution >= 0.6 is 0 Å². The molecule has 0 saturated carbocycles. The Kier molecular flexibility index (Phi) is 5.81. The summed E-state index contributed by atoms with van der Waals surface area (Å²) in [5, 5.41) is 2.83. The van der Waals surface area contributed by atoms with E-state index >= 15 is 0 Å². The SMILES string of the molecule is Cc1ccc(-c2nc(COCC(=O)NCc3ccccc3)c(C)o2)cc1. The number of aryl methyl sites for hydroxylation is 2. The Morgan fingerprint density at radius 3 is 2.54 bits per heavy atom. The predicted octanol–water partition coefficient (Wildman–Crippen LogP) is 3.79. The lowest BCUT2D eigenvalue weighted by molar-refractivity contribution is -0.126. The van der Waals surface area contributed by atoms with Gasteiger partial charge in [-0.05, 0) is 31.5 Å². The molecule has 0 radical (unpaired) electrons. The first-order valence-electron chi connectivity index (χ1n) is 8.53. The van der Waals surface area contributed by atoms with Crippen LogP contribution in [0.15, 0.2) is 59.0 Å². The van der Waals surface area contributed by atoms with Gasteiger partial charge in [-0.2, -0.15) is 0 Å². The second-order valence-electron chi connectivity index (χ2n) is 6.14. The van der Waals surface area contributed by atoms with Crippen LogP contribution in [0.25, 0.3) is 11.5 Å². The number of benzene rings is 2. The molecule has 0 atom stereocenters. The third kappa shape index (κ3) is 4.80. The van der Waals surface area contributed by atoms with Crippen molar-refractivity contribution in [3.05, 3.63) is 77.2 Å². The zero-order valence-electron chi connectivity index (χ0n) is 15.0. The van der Waals surface area contributed by atoms with Crippen LogP contribution in [0, 0.1) is 13.8 Å². The first-order chi connectivity index (χ1) is 12.6. The van der Waals surface area contributed by atoms with E-state index in [1.54, 1.807) is 0 Å². The minimum absolute atomic E-state index is 0.0149. The molecular weight excluding hydrogens is 328 g/mol. The van der Waals surface area contributed by atoms with Crippen LogP contribution in [0.1, 0.15) is 22.6 Å². The molecule has 3 rings (SSSR count). The van der Waals surface area contributed by atoms with Gasteiger partial charge in [0.25, 0.3) is 0 Å². The molecule has 0 aliphatic heterocycles. The molecule has 2 aromatic carbocycles. The molecule has 5 heteroatoms. The normalized spacial score (nSPS) is 10.7. The summed E-state index contributed by atoms with van der Waals surface area (Å²) in [6, 6.07) is 17.7. The third-order valence-electron chi connectivity index (χ3n) is 4.00. The Labute approximate surface area is 153 Å². The first-order valence-corrected chi connectivity index (χ1v) is 8.53. The van der Waals surface area contributed by atoms with E-state index in [1.807, 2.05) is 68.4 Å². The van der Waals surface area contributed by atoms with E-state index in [2.05, 4.69) is 10.3 Å². The number of nitrogens with one attached hydrogen (secondary N) is 1. The summed E-state index contributed by atoms with van der Waals surface area (Å²) >= 11 is 0. The second kappa shape index (κ2) is 8.45. The van der Waals surface area contributed by atoms with Gasteiger partial charge in [-0.3, -0.25) is 4.79 Å². The lowest BCUT2D eigenvalue weighted by Gasteiger charge is -2.05. The number of nitrogens with zero attached hydrogens (tertiary/aromatic N) is 1. The van der Waals surface area contributed by atoms with E-state index in [1.165, 1.54) is 5.56 Å². The number of aromatic nitrogens is 1. The summed E-state index contributed by atoms with van der Waals surface area (Å²) in [5.41, 5.74) is 3.86. The van der Waals surface area contributed by atoms with Gasteiger partial charge in [0.1, 0.15) is 18.1 Å². The molecule has 3 aromatic rings. The summed E-state index contributed by atoms with van der Waals surface area (Å²) < 4.78 is 11.2. The van der Waals surface area contributed by atoms with Crippen molar-refractivity contribution in [3.8, 4) is 11.5 Å². The van der Waals surface area contributed by atoms with Crippen molar-refractivity contribution in [2.45, 2.75) is 27.0 Å². The monoisotopic (exact) mass is 350 g/mol. The number of carbonyl (C=O) groups excluding carboxylic acids is 1. The highest BCUT2D eigenvalue weighted by atomic mass is 16.5. The molecule has 1 N–H and O–H groups in total.